The highest BCUT2D eigenvalue weighted by molar-refractivity contribution is 7.89. The summed E-state index contributed by atoms with van der Waals surface area (Å²) in [4.78, 5) is 0. The van der Waals surface area contributed by atoms with Gasteiger partial charge >= 0.3 is 0 Å². The van der Waals surface area contributed by atoms with Gasteiger partial charge in [0.2, 0.25) is 10.0 Å². The smallest absolute Gasteiger partial charge is 0.213 e. The third kappa shape index (κ3) is 5.27. The SMILES string of the molecule is COCCS(=O)(=O)NCC(O)c1ccccc1. The molecule has 1 unspecified atom stereocenters. The monoisotopic (exact) mass is 259 g/mol. The molecule has 0 aliphatic carbocycles. The van der Waals surface area contributed by atoms with Crippen LogP contribution in [0.3, 0.4) is 0 Å². The van der Waals surface area contributed by atoms with E-state index < -0.39 is 16.1 Å². The summed E-state index contributed by atoms with van der Waals surface area (Å²) >= 11 is 0. The fraction of sp³-hybridized carbons (Fsp3) is 0.455. The molecule has 0 aliphatic rings. The lowest BCUT2D eigenvalue weighted by molar-refractivity contribution is 0.181. The molecule has 1 atom stereocenters. The van der Waals surface area contributed by atoms with Crippen LogP contribution in [0.15, 0.2) is 30.3 Å². The first-order chi connectivity index (χ1) is 8.05. The highest BCUT2D eigenvalue weighted by atomic mass is 32.2. The summed E-state index contributed by atoms with van der Waals surface area (Å²) in [5.74, 6) is -0.106. The van der Waals surface area contributed by atoms with Crippen molar-refractivity contribution in [2.75, 3.05) is 26.0 Å². The lowest BCUT2D eigenvalue weighted by atomic mass is 10.1. The average Bonchev–Trinajstić information content (AvgIpc) is 2.35. The summed E-state index contributed by atoms with van der Waals surface area (Å²) in [6.45, 7) is 0.104. The molecule has 0 saturated heterocycles. The van der Waals surface area contributed by atoms with Crippen molar-refractivity contribution in [1.82, 2.24) is 4.72 Å². The van der Waals surface area contributed by atoms with Gasteiger partial charge in [0.25, 0.3) is 0 Å². The molecule has 1 aromatic rings. The van der Waals surface area contributed by atoms with Gasteiger partial charge in [0.1, 0.15) is 0 Å². The molecule has 0 heterocycles. The molecule has 0 radical (unpaired) electrons. The second kappa shape index (κ2) is 6.70. The zero-order valence-corrected chi connectivity index (χ0v) is 10.5. The summed E-state index contributed by atoms with van der Waals surface area (Å²) in [7, 11) is -1.94. The Morgan fingerprint density at radius 3 is 2.59 bits per heavy atom. The van der Waals surface area contributed by atoms with Crippen molar-refractivity contribution < 1.29 is 18.3 Å². The minimum absolute atomic E-state index is 0.0317. The van der Waals surface area contributed by atoms with Gasteiger partial charge in [-0.05, 0) is 5.56 Å². The van der Waals surface area contributed by atoms with Crippen LogP contribution in [-0.2, 0) is 14.8 Å². The Morgan fingerprint density at radius 1 is 1.35 bits per heavy atom. The first kappa shape index (κ1) is 14.1. The van der Waals surface area contributed by atoms with Gasteiger partial charge in [-0.1, -0.05) is 30.3 Å². The molecule has 0 amide bonds. The van der Waals surface area contributed by atoms with Crippen molar-refractivity contribution in [2.45, 2.75) is 6.10 Å². The number of aliphatic hydroxyl groups is 1. The maximum absolute atomic E-state index is 11.4. The van der Waals surface area contributed by atoms with Crippen LogP contribution in [0.25, 0.3) is 0 Å². The van der Waals surface area contributed by atoms with Gasteiger partial charge in [0.15, 0.2) is 0 Å². The average molecular weight is 259 g/mol. The number of nitrogens with one attached hydrogen (secondary N) is 1. The second-order valence-electron chi connectivity index (χ2n) is 3.59. The second-order valence-corrected chi connectivity index (χ2v) is 5.51. The first-order valence-electron chi connectivity index (χ1n) is 5.24. The van der Waals surface area contributed by atoms with Gasteiger partial charge < -0.3 is 9.84 Å². The molecule has 5 nitrogen and oxygen atoms in total. The summed E-state index contributed by atoms with van der Waals surface area (Å²) in [5.41, 5.74) is 0.682. The van der Waals surface area contributed by atoms with Crippen LogP contribution in [0.2, 0.25) is 0 Å². The maximum Gasteiger partial charge on any atom is 0.213 e. The van der Waals surface area contributed by atoms with Gasteiger partial charge in [0.05, 0.1) is 18.5 Å². The van der Waals surface area contributed by atoms with Crippen LogP contribution < -0.4 is 4.72 Å². The fourth-order valence-electron chi connectivity index (χ4n) is 1.26. The van der Waals surface area contributed by atoms with Crippen LogP contribution in [0, 0.1) is 0 Å². The topological polar surface area (TPSA) is 75.6 Å². The Kier molecular flexibility index (Phi) is 5.57. The Balaban J connectivity index is 2.46. The van der Waals surface area contributed by atoms with E-state index in [4.69, 9.17) is 0 Å². The molecule has 0 aliphatic heterocycles. The predicted molar refractivity (Wildman–Crippen MR) is 65.1 cm³/mol. The van der Waals surface area contributed by atoms with E-state index in [1.807, 2.05) is 6.07 Å². The minimum Gasteiger partial charge on any atom is -0.387 e. The van der Waals surface area contributed by atoms with E-state index in [1.165, 1.54) is 7.11 Å². The molecular weight excluding hydrogens is 242 g/mol. The summed E-state index contributed by atoms with van der Waals surface area (Å²) in [5, 5.41) is 9.75. The zero-order valence-electron chi connectivity index (χ0n) is 9.67. The molecule has 2 N–H and O–H groups in total. The molecule has 6 heteroatoms. The maximum atomic E-state index is 11.4. The Hall–Kier alpha value is -0.950. The summed E-state index contributed by atoms with van der Waals surface area (Å²) in [6, 6.07) is 8.90. The number of ether oxygens (including phenoxy) is 1. The van der Waals surface area contributed by atoms with Gasteiger partial charge in [-0.25, -0.2) is 13.1 Å². The van der Waals surface area contributed by atoms with E-state index in [9.17, 15) is 13.5 Å². The third-order valence-electron chi connectivity index (χ3n) is 2.24. The van der Waals surface area contributed by atoms with Gasteiger partial charge in [0, 0.05) is 13.7 Å². The molecule has 1 aromatic carbocycles. The Morgan fingerprint density at radius 2 is 2.00 bits per heavy atom. The molecule has 0 aromatic heterocycles. The quantitative estimate of drug-likeness (QED) is 0.738. The summed E-state index contributed by atoms with van der Waals surface area (Å²) in [6.07, 6.45) is -0.839. The largest absolute Gasteiger partial charge is 0.387 e. The van der Waals surface area contributed by atoms with E-state index >= 15 is 0 Å². The van der Waals surface area contributed by atoms with Crippen molar-refractivity contribution in [3.8, 4) is 0 Å². The lowest BCUT2D eigenvalue weighted by Gasteiger charge is -2.12. The molecule has 0 spiro atoms. The van der Waals surface area contributed by atoms with Crippen molar-refractivity contribution in [1.29, 1.82) is 0 Å². The highest BCUT2D eigenvalue weighted by Crippen LogP contribution is 2.10. The molecule has 96 valence electrons. The van der Waals surface area contributed by atoms with Crippen molar-refractivity contribution in [3.05, 3.63) is 35.9 Å². The number of aliphatic hydroxyl groups excluding tert-OH is 1. The number of hydrogen-bond donors (Lipinski definition) is 2. The highest BCUT2D eigenvalue weighted by Gasteiger charge is 2.13. The van der Waals surface area contributed by atoms with Crippen molar-refractivity contribution in [2.24, 2.45) is 0 Å². The number of benzene rings is 1. The van der Waals surface area contributed by atoms with E-state index in [0.29, 0.717) is 5.56 Å². The predicted octanol–water partition coefficient (Wildman–Crippen LogP) is 0.286. The number of rotatable bonds is 7. The normalized spacial score (nSPS) is 13.5. The third-order valence-corrected chi connectivity index (χ3v) is 3.55. The summed E-state index contributed by atoms with van der Waals surface area (Å²) < 4.78 is 29.9. The van der Waals surface area contributed by atoms with Gasteiger partial charge in [-0.15, -0.1) is 0 Å². The van der Waals surface area contributed by atoms with E-state index in [-0.39, 0.29) is 18.9 Å². The molecule has 17 heavy (non-hydrogen) atoms. The van der Waals surface area contributed by atoms with E-state index in [0.717, 1.165) is 0 Å². The Labute approximate surface area is 101 Å². The van der Waals surface area contributed by atoms with Crippen LogP contribution in [0.4, 0.5) is 0 Å². The van der Waals surface area contributed by atoms with E-state index in [1.54, 1.807) is 24.3 Å². The van der Waals surface area contributed by atoms with E-state index in [2.05, 4.69) is 9.46 Å². The number of methoxy groups -OCH3 is 1. The van der Waals surface area contributed by atoms with Crippen molar-refractivity contribution >= 4 is 10.0 Å². The first-order valence-corrected chi connectivity index (χ1v) is 6.89. The molecular formula is C11H17NO4S. The van der Waals surface area contributed by atoms with Crippen LogP contribution in [0.1, 0.15) is 11.7 Å². The molecule has 0 saturated carbocycles. The number of hydrogen-bond acceptors (Lipinski definition) is 4. The minimum atomic E-state index is -3.38. The van der Waals surface area contributed by atoms with Crippen molar-refractivity contribution in [3.63, 3.8) is 0 Å². The number of sulfonamides is 1. The molecule has 0 bridgehead atoms. The van der Waals surface area contributed by atoms with Crippen LogP contribution in [-0.4, -0.2) is 39.5 Å². The molecule has 0 fully saturated rings. The van der Waals surface area contributed by atoms with Crippen LogP contribution in [0.5, 0.6) is 0 Å². The lowest BCUT2D eigenvalue weighted by Crippen LogP contribution is -2.31. The van der Waals surface area contributed by atoms with Gasteiger partial charge in [-0.2, -0.15) is 0 Å². The molecule has 1 rings (SSSR count). The standard InChI is InChI=1S/C11H17NO4S/c1-16-7-8-17(14,15)12-9-11(13)10-5-3-2-4-6-10/h2-6,11-13H,7-9H2,1H3. The Bertz CT molecular complexity index is 418. The van der Waals surface area contributed by atoms with Crippen LogP contribution >= 0.6 is 0 Å². The fourth-order valence-corrected chi connectivity index (χ4v) is 2.21. The zero-order chi connectivity index (χ0) is 12.7. The van der Waals surface area contributed by atoms with Gasteiger partial charge in [-0.3, -0.25) is 0 Å².